The highest BCUT2D eigenvalue weighted by Gasteiger charge is 2.05. The van der Waals surface area contributed by atoms with Crippen molar-refractivity contribution in [2.24, 2.45) is 0 Å². The standard InChI is InChI=1S/C8H5BrN2O/c9-7-4-2-1-3-6(7)8-5-10-11-12-8/h1-5H. The fourth-order valence-corrected chi connectivity index (χ4v) is 1.43. The van der Waals surface area contributed by atoms with Crippen molar-refractivity contribution >= 4 is 15.9 Å². The smallest absolute Gasteiger partial charge is 0.188 e. The van der Waals surface area contributed by atoms with Gasteiger partial charge in [-0.25, -0.2) is 0 Å². The van der Waals surface area contributed by atoms with Gasteiger partial charge in [0.05, 0.1) is 6.20 Å². The maximum atomic E-state index is 4.91. The van der Waals surface area contributed by atoms with Crippen LogP contribution in [0, 0.1) is 0 Å². The molecule has 0 aliphatic carbocycles. The molecule has 0 atom stereocenters. The van der Waals surface area contributed by atoms with Gasteiger partial charge in [0.15, 0.2) is 5.76 Å². The Morgan fingerprint density at radius 3 is 2.75 bits per heavy atom. The molecule has 1 aromatic heterocycles. The third-order valence-electron chi connectivity index (χ3n) is 1.50. The van der Waals surface area contributed by atoms with Crippen molar-refractivity contribution in [3.8, 4) is 11.3 Å². The zero-order chi connectivity index (χ0) is 8.39. The summed E-state index contributed by atoms with van der Waals surface area (Å²) >= 11 is 3.40. The second-order valence-corrected chi connectivity index (χ2v) is 3.12. The summed E-state index contributed by atoms with van der Waals surface area (Å²) in [5.74, 6) is 0.669. The Bertz CT molecular complexity index is 372. The quantitative estimate of drug-likeness (QED) is 0.748. The Hall–Kier alpha value is -1.16. The molecule has 0 N–H and O–H groups in total. The second kappa shape index (κ2) is 3.06. The molecule has 1 heterocycles. The maximum Gasteiger partial charge on any atom is 0.188 e. The van der Waals surface area contributed by atoms with Gasteiger partial charge in [-0.15, -0.1) is 5.10 Å². The summed E-state index contributed by atoms with van der Waals surface area (Å²) in [4.78, 5) is 0. The molecule has 0 aliphatic rings. The zero-order valence-corrected chi connectivity index (χ0v) is 7.65. The number of nitrogens with zero attached hydrogens (tertiary/aromatic N) is 2. The lowest BCUT2D eigenvalue weighted by atomic mass is 10.2. The lowest BCUT2D eigenvalue weighted by Crippen LogP contribution is -1.74. The summed E-state index contributed by atoms with van der Waals surface area (Å²) in [6.45, 7) is 0. The van der Waals surface area contributed by atoms with Gasteiger partial charge in [-0.05, 0) is 12.1 Å². The Morgan fingerprint density at radius 2 is 2.08 bits per heavy atom. The minimum absolute atomic E-state index is 0.669. The lowest BCUT2D eigenvalue weighted by Gasteiger charge is -1.96. The molecule has 0 saturated carbocycles. The topological polar surface area (TPSA) is 38.9 Å². The summed E-state index contributed by atoms with van der Waals surface area (Å²) < 4.78 is 5.88. The van der Waals surface area contributed by atoms with E-state index in [0.717, 1.165) is 10.0 Å². The average Bonchev–Trinajstić information content (AvgIpc) is 2.57. The van der Waals surface area contributed by atoms with Crippen LogP contribution in [0.4, 0.5) is 0 Å². The van der Waals surface area contributed by atoms with Gasteiger partial charge in [0.2, 0.25) is 0 Å². The van der Waals surface area contributed by atoms with Crippen LogP contribution in [-0.4, -0.2) is 10.4 Å². The van der Waals surface area contributed by atoms with E-state index in [9.17, 15) is 0 Å². The molecule has 0 aliphatic heterocycles. The Morgan fingerprint density at radius 1 is 1.25 bits per heavy atom. The van der Waals surface area contributed by atoms with Crippen LogP contribution in [-0.2, 0) is 0 Å². The van der Waals surface area contributed by atoms with Gasteiger partial charge >= 0.3 is 0 Å². The highest BCUT2D eigenvalue weighted by molar-refractivity contribution is 9.10. The summed E-state index contributed by atoms with van der Waals surface area (Å²) in [6, 6.07) is 7.75. The molecule has 0 fully saturated rings. The van der Waals surface area contributed by atoms with Gasteiger partial charge in [0.25, 0.3) is 0 Å². The van der Waals surface area contributed by atoms with Gasteiger partial charge in [0, 0.05) is 15.3 Å². The van der Waals surface area contributed by atoms with Crippen molar-refractivity contribution in [1.82, 2.24) is 10.4 Å². The first kappa shape index (κ1) is 7.49. The SMILES string of the molecule is Brc1ccccc1-c1cnno1. The molecule has 60 valence electrons. The largest absolute Gasteiger partial charge is 0.337 e. The van der Waals surface area contributed by atoms with Crippen molar-refractivity contribution in [2.75, 3.05) is 0 Å². The highest BCUT2D eigenvalue weighted by Crippen LogP contribution is 2.26. The van der Waals surface area contributed by atoms with Gasteiger partial charge < -0.3 is 4.52 Å². The van der Waals surface area contributed by atoms with E-state index >= 15 is 0 Å². The molecule has 12 heavy (non-hydrogen) atoms. The number of benzene rings is 1. The Kier molecular flexibility index (Phi) is 1.91. The third-order valence-corrected chi connectivity index (χ3v) is 2.19. The zero-order valence-electron chi connectivity index (χ0n) is 6.07. The Labute approximate surface area is 77.5 Å². The van der Waals surface area contributed by atoms with E-state index in [-0.39, 0.29) is 0 Å². The molecule has 2 aromatic rings. The van der Waals surface area contributed by atoms with Crippen molar-refractivity contribution in [1.29, 1.82) is 0 Å². The first-order chi connectivity index (χ1) is 5.88. The second-order valence-electron chi connectivity index (χ2n) is 2.26. The van der Waals surface area contributed by atoms with E-state index in [0.29, 0.717) is 5.76 Å². The summed E-state index contributed by atoms with van der Waals surface area (Å²) in [5, 5.41) is 7.00. The minimum Gasteiger partial charge on any atom is -0.337 e. The fraction of sp³-hybridized carbons (Fsp3) is 0. The van der Waals surface area contributed by atoms with Crippen LogP contribution >= 0.6 is 15.9 Å². The molecule has 0 spiro atoms. The predicted octanol–water partition coefficient (Wildman–Crippen LogP) is 2.50. The van der Waals surface area contributed by atoms with Crippen LogP contribution in [0.1, 0.15) is 0 Å². The molecule has 3 nitrogen and oxygen atoms in total. The van der Waals surface area contributed by atoms with Crippen LogP contribution in [0.15, 0.2) is 39.5 Å². The molecular formula is C8H5BrN2O. The number of aromatic nitrogens is 2. The molecule has 1 aromatic carbocycles. The van der Waals surface area contributed by atoms with Gasteiger partial charge in [-0.2, -0.15) is 0 Å². The molecule has 4 heteroatoms. The van der Waals surface area contributed by atoms with E-state index in [1.807, 2.05) is 24.3 Å². The predicted molar refractivity (Wildman–Crippen MR) is 47.4 cm³/mol. The number of rotatable bonds is 1. The Balaban J connectivity index is 2.55. The van der Waals surface area contributed by atoms with E-state index < -0.39 is 0 Å². The van der Waals surface area contributed by atoms with Crippen LogP contribution in [0.25, 0.3) is 11.3 Å². The van der Waals surface area contributed by atoms with Crippen LogP contribution in [0.2, 0.25) is 0 Å². The lowest BCUT2D eigenvalue weighted by molar-refractivity contribution is 0.403. The molecular weight excluding hydrogens is 220 g/mol. The normalized spacial score (nSPS) is 10.1. The number of hydrogen-bond donors (Lipinski definition) is 0. The van der Waals surface area contributed by atoms with E-state index in [2.05, 4.69) is 26.3 Å². The molecule has 0 bridgehead atoms. The molecule has 2 rings (SSSR count). The molecule has 0 saturated heterocycles. The highest BCUT2D eigenvalue weighted by atomic mass is 79.9. The number of hydrogen-bond acceptors (Lipinski definition) is 3. The van der Waals surface area contributed by atoms with Gasteiger partial charge in [-0.3, -0.25) is 0 Å². The monoisotopic (exact) mass is 224 g/mol. The minimum atomic E-state index is 0.669. The summed E-state index contributed by atoms with van der Waals surface area (Å²) in [5.41, 5.74) is 0.961. The van der Waals surface area contributed by atoms with Crippen LogP contribution < -0.4 is 0 Å². The molecule has 0 unspecified atom stereocenters. The van der Waals surface area contributed by atoms with Crippen molar-refractivity contribution in [3.05, 3.63) is 34.9 Å². The van der Waals surface area contributed by atoms with E-state index in [1.54, 1.807) is 6.20 Å². The van der Waals surface area contributed by atoms with Crippen molar-refractivity contribution < 1.29 is 4.52 Å². The summed E-state index contributed by atoms with van der Waals surface area (Å²) in [7, 11) is 0. The first-order valence-electron chi connectivity index (χ1n) is 3.40. The molecule has 0 radical (unpaired) electrons. The number of halogens is 1. The van der Waals surface area contributed by atoms with Crippen molar-refractivity contribution in [2.45, 2.75) is 0 Å². The van der Waals surface area contributed by atoms with Crippen LogP contribution in [0.3, 0.4) is 0 Å². The fourth-order valence-electron chi connectivity index (χ4n) is 0.947. The van der Waals surface area contributed by atoms with E-state index in [4.69, 9.17) is 4.52 Å². The van der Waals surface area contributed by atoms with Gasteiger partial charge in [-0.1, -0.05) is 28.1 Å². The summed E-state index contributed by atoms with van der Waals surface area (Å²) in [6.07, 6.45) is 1.58. The molecule has 0 amide bonds. The van der Waals surface area contributed by atoms with E-state index in [1.165, 1.54) is 0 Å². The van der Waals surface area contributed by atoms with Crippen molar-refractivity contribution in [3.63, 3.8) is 0 Å². The maximum absolute atomic E-state index is 4.91. The third kappa shape index (κ3) is 1.25. The van der Waals surface area contributed by atoms with Gasteiger partial charge in [0.1, 0.15) is 0 Å². The van der Waals surface area contributed by atoms with Crippen LogP contribution in [0.5, 0.6) is 0 Å². The first-order valence-corrected chi connectivity index (χ1v) is 4.19. The average molecular weight is 225 g/mol.